The molecule has 0 spiro atoms. The lowest BCUT2D eigenvalue weighted by molar-refractivity contribution is 0.427. The summed E-state index contributed by atoms with van der Waals surface area (Å²) in [6.45, 7) is 0. The number of hydrogen-bond donors (Lipinski definition) is 0. The van der Waals surface area contributed by atoms with Gasteiger partial charge in [-0.1, -0.05) is 0 Å². The number of hydrogen-bond acceptors (Lipinski definition) is 4. The minimum absolute atomic E-state index is 0.474. The van der Waals surface area contributed by atoms with Gasteiger partial charge in [-0.05, 0) is 49.1 Å². The van der Waals surface area contributed by atoms with Gasteiger partial charge < -0.3 is 4.52 Å². The summed E-state index contributed by atoms with van der Waals surface area (Å²) in [6, 6.07) is 3.87. The van der Waals surface area contributed by atoms with E-state index in [-0.39, 0.29) is 0 Å². The third kappa shape index (κ3) is 1.60. The van der Waals surface area contributed by atoms with Crippen molar-refractivity contribution < 1.29 is 4.52 Å². The van der Waals surface area contributed by atoms with E-state index in [0.717, 1.165) is 8.66 Å². The SMILES string of the molecule is Brc1noc(-c2ccc(Br)s2)n1. The van der Waals surface area contributed by atoms with Crippen LogP contribution in [-0.2, 0) is 0 Å². The molecule has 0 aliphatic heterocycles. The molecule has 6 heteroatoms. The molecule has 0 aromatic carbocycles. The predicted octanol–water partition coefficient (Wildman–Crippen LogP) is 3.32. The molecule has 0 aliphatic carbocycles. The number of halogens is 2. The number of rotatable bonds is 1. The van der Waals surface area contributed by atoms with Crippen molar-refractivity contribution in [3.63, 3.8) is 0 Å². The summed E-state index contributed by atoms with van der Waals surface area (Å²) in [5.41, 5.74) is 0. The normalized spacial score (nSPS) is 10.5. The molecule has 0 fully saturated rings. The maximum absolute atomic E-state index is 4.95. The number of nitrogens with zero attached hydrogens (tertiary/aromatic N) is 2. The van der Waals surface area contributed by atoms with Crippen molar-refractivity contribution in [2.75, 3.05) is 0 Å². The monoisotopic (exact) mass is 308 g/mol. The van der Waals surface area contributed by atoms with Crippen LogP contribution in [-0.4, -0.2) is 10.1 Å². The zero-order chi connectivity index (χ0) is 8.55. The molecule has 0 N–H and O–H groups in total. The van der Waals surface area contributed by atoms with Crippen LogP contribution in [0, 0.1) is 0 Å². The van der Waals surface area contributed by atoms with Crippen LogP contribution >= 0.6 is 43.2 Å². The lowest BCUT2D eigenvalue weighted by Crippen LogP contribution is -1.68. The van der Waals surface area contributed by atoms with Gasteiger partial charge in [-0.2, -0.15) is 4.98 Å². The van der Waals surface area contributed by atoms with E-state index in [4.69, 9.17) is 4.52 Å². The zero-order valence-electron chi connectivity index (χ0n) is 5.62. The van der Waals surface area contributed by atoms with Crippen LogP contribution in [0.15, 0.2) is 25.2 Å². The average molecular weight is 310 g/mol. The van der Waals surface area contributed by atoms with Crippen LogP contribution in [0.4, 0.5) is 0 Å². The molecule has 0 bridgehead atoms. The van der Waals surface area contributed by atoms with Crippen molar-refractivity contribution in [3.05, 3.63) is 20.7 Å². The Balaban J connectivity index is 2.43. The quantitative estimate of drug-likeness (QED) is 0.811. The van der Waals surface area contributed by atoms with Crippen molar-refractivity contribution >= 4 is 43.2 Å². The first-order valence-corrected chi connectivity index (χ1v) is 5.41. The Morgan fingerprint density at radius 1 is 1.33 bits per heavy atom. The third-order valence-electron chi connectivity index (χ3n) is 1.19. The fourth-order valence-electron chi connectivity index (χ4n) is 0.735. The van der Waals surface area contributed by atoms with Gasteiger partial charge in [-0.15, -0.1) is 11.3 Å². The van der Waals surface area contributed by atoms with Gasteiger partial charge in [-0.25, -0.2) is 0 Å². The van der Waals surface area contributed by atoms with E-state index in [1.54, 1.807) is 11.3 Å². The molecule has 0 saturated heterocycles. The first kappa shape index (κ1) is 8.40. The molecule has 2 heterocycles. The lowest BCUT2D eigenvalue weighted by atomic mass is 10.5. The fraction of sp³-hybridized carbons (Fsp3) is 0. The first-order chi connectivity index (χ1) is 5.75. The van der Waals surface area contributed by atoms with E-state index in [0.29, 0.717) is 10.6 Å². The maximum Gasteiger partial charge on any atom is 0.268 e. The van der Waals surface area contributed by atoms with Crippen molar-refractivity contribution in [1.29, 1.82) is 0 Å². The molecule has 2 rings (SSSR count). The predicted molar refractivity (Wildman–Crippen MR) is 53.0 cm³/mol. The summed E-state index contributed by atoms with van der Waals surface area (Å²) < 4.78 is 6.47. The third-order valence-corrected chi connectivity index (χ3v) is 3.12. The summed E-state index contributed by atoms with van der Waals surface area (Å²) in [7, 11) is 0. The van der Waals surface area contributed by atoms with Gasteiger partial charge in [0.15, 0.2) is 0 Å². The van der Waals surface area contributed by atoms with Crippen LogP contribution in [0.2, 0.25) is 0 Å². The highest BCUT2D eigenvalue weighted by Crippen LogP contribution is 2.30. The highest BCUT2D eigenvalue weighted by atomic mass is 79.9. The van der Waals surface area contributed by atoms with Gasteiger partial charge in [0.1, 0.15) is 0 Å². The Morgan fingerprint density at radius 2 is 2.17 bits per heavy atom. The van der Waals surface area contributed by atoms with Crippen molar-refractivity contribution in [2.24, 2.45) is 0 Å². The van der Waals surface area contributed by atoms with Gasteiger partial charge in [0.2, 0.25) is 4.73 Å². The molecule has 62 valence electrons. The van der Waals surface area contributed by atoms with Crippen molar-refractivity contribution in [2.45, 2.75) is 0 Å². The molecule has 2 aromatic rings. The van der Waals surface area contributed by atoms with Gasteiger partial charge in [0.05, 0.1) is 8.66 Å². The van der Waals surface area contributed by atoms with E-state index >= 15 is 0 Å². The largest absolute Gasteiger partial charge is 0.332 e. The molecule has 3 nitrogen and oxygen atoms in total. The Labute approximate surface area is 89.0 Å². The molecular formula is C6H2Br2N2OS. The maximum atomic E-state index is 4.95. The molecule has 2 aromatic heterocycles. The second-order valence-electron chi connectivity index (χ2n) is 1.97. The second-order valence-corrected chi connectivity index (χ2v) is 5.14. The van der Waals surface area contributed by atoms with Crippen LogP contribution in [0.3, 0.4) is 0 Å². The molecule has 0 aliphatic rings. The standard InChI is InChI=1S/C6H2Br2N2OS/c7-4-2-1-3(12-4)5-9-6(8)10-11-5/h1-2H. The fourth-order valence-corrected chi connectivity index (χ4v) is 2.28. The Hall–Kier alpha value is -0.200. The Kier molecular flexibility index (Phi) is 2.29. The molecule has 12 heavy (non-hydrogen) atoms. The summed E-state index contributed by atoms with van der Waals surface area (Å²) >= 11 is 8.02. The van der Waals surface area contributed by atoms with Crippen LogP contribution in [0.1, 0.15) is 0 Å². The average Bonchev–Trinajstić information content (AvgIpc) is 2.58. The number of thiophene rings is 1. The highest BCUT2D eigenvalue weighted by molar-refractivity contribution is 9.11. The minimum atomic E-state index is 0.474. The summed E-state index contributed by atoms with van der Waals surface area (Å²) in [6.07, 6.45) is 0. The van der Waals surface area contributed by atoms with Crippen LogP contribution in [0.25, 0.3) is 10.8 Å². The van der Waals surface area contributed by atoms with E-state index < -0.39 is 0 Å². The molecule has 0 saturated carbocycles. The second kappa shape index (κ2) is 3.27. The molecule has 0 atom stereocenters. The lowest BCUT2D eigenvalue weighted by Gasteiger charge is -1.81. The Morgan fingerprint density at radius 3 is 2.67 bits per heavy atom. The van der Waals surface area contributed by atoms with Gasteiger partial charge >= 0.3 is 0 Å². The van der Waals surface area contributed by atoms with Gasteiger partial charge in [0.25, 0.3) is 5.89 Å². The number of aromatic nitrogens is 2. The first-order valence-electron chi connectivity index (χ1n) is 3.00. The summed E-state index contributed by atoms with van der Waals surface area (Å²) in [4.78, 5) is 4.98. The van der Waals surface area contributed by atoms with Gasteiger partial charge in [-0.3, -0.25) is 0 Å². The van der Waals surface area contributed by atoms with Crippen LogP contribution in [0.5, 0.6) is 0 Å². The van der Waals surface area contributed by atoms with Crippen LogP contribution < -0.4 is 0 Å². The van der Waals surface area contributed by atoms with E-state index in [2.05, 4.69) is 42.0 Å². The summed E-state index contributed by atoms with van der Waals surface area (Å²) in [5, 5.41) is 3.62. The van der Waals surface area contributed by atoms with Crippen molar-refractivity contribution in [3.8, 4) is 10.8 Å². The smallest absolute Gasteiger partial charge is 0.268 e. The Bertz CT molecular complexity index is 359. The molecular weight excluding hydrogens is 308 g/mol. The van der Waals surface area contributed by atoms with Gasteiger partial charge in [0, 0.05) is 0 Å². The minimum Gasteiger partial charge on any atom is -0.332 e. The molecule has 0 amide bonds. The highest BCUT2D eigenvalue weighted by Gasteiger charge is 2.08. The topological polar surface area (TPSA) is 38.9 Å². The zero-order valence-corrected chi connectivity index (χ0v) is 9.61. The summed E-state index contributed by atoms with van der Waals surface area (Å²) in [5.74, 6) is 0.539. The van der Waals surface area contributed by atoms with Crippen molar-refractivity contribution in [1.82, 2.24) is 10.1 Å². The van der Waals surface area contributed by atoms with E-state index in [9.17, 15) is 0 Å². The molecule has 0 radical (unpaired) electrons. The van der Waals surface area contributed by atoms with E-state index in [1.807, 2.05) is 12.1 Å². The molecule has 0 unspecified atom stereocenters. The van der Waals surface area contributed by atoms with E-state index in [1.165, 1.54) is 0 Å².